The maximum absolute atomic E-state index is 13.4. The number of fused-ring (bicyclic) bond motifs is 1. The molecule has 2 aromatic carbocycles. The van der Waals surface area contributed by atoms with Crippen molar-refractivity contribution in [1.29, 1.82) is 0 Å². The van der Waals surface area contributed by atoms with Gasteiger partial charge in [0.15, 0.2) is 6.61 Å². The van der Waals surface area contributed by atoms with E-state index < -0.39 is 5.91 Å². The van der Waals surface area contributed by atoms with Gasteiger partial charge in [-0.25, -0.2) is 4.98 Å². The molecule has 186 valence electrons. The Hall–Kier alpha value is -3.72. The Bertz CT molecular complexity index is 1520. The highest BCUT2D eigenvalue weighted by molar-refractivity contribution is 9.10. The van der Waals surface area contributed by atoms with E-state index in [1.807, 2.05) is 51.1 Å². The largest absolute Gasteiger partial charge is 0.484 e. The number of hydrogen-bond acceptors (Lipinski definition) is 5. The molecule has 0 unspecified atom stereocenters. The van der Waals surface area contributed by atoms with E-state index >= 15 is 0 Å². The SMILES string of the molecule is CC[C@@H](C)c1nc2ccc(Br)cc2c(=O)n1N=Cc1cc(C)n(-c2ccc(OCC(N)=O)cc2)c1C. The third-order valence-corrected chi connectivity index (χ3v) is 6.64. The molecule has 1 amide bonds. The first-order valence-electron chi connectivity index (χ1n) is 11.7. The average molecular weight is 550 g/mol. The number of amides is 1. The van der Waals surface area contributed by atoms with Crippen LogP contribution in [0.5, 0.6) is 5.75 Å². The van der Waals surface area contributed by atoms with E-state index in [2.05, 4.69) is 32.5 Å². The molecule has 2 N–H and O–H groups in total. The molecule has 2 heterocycles. The van der Waals surface area contributed by atoms with Crippen molar-refractivity contribution in [2.24, 2.45) is 10.8 Å². The number of ether oxygens (including phenoxy) is 1. The number of carbonyl (C=O) groups excluding carboxylic acids is 1. The van der Waals surface area contributed by atoms with Gasteiger partial charge in [-0.05, 0) is 68.8 Å². The smallest absolute Gasteiger partial charge is 0.282 e. The van der Waals surface area contributed by atoms with E-state index in [1.54, 1.807) is 24.4 Å². The van der Waals surface area contributed by atoms with Crippen LogP contribution in [0.1, 0.15) is 49.0 Å². The second kappa shape index (κ2) is 10.5. The molecule has 0 saturated carbocycles. The van der Waals surface area contributed by atoms with Gasteiger partial charge in [-0.1, -0.05) is 29.8 Å². The van der Waals surface area contributed by atoms with E-state index in [-0.39, 0.29) is 18.1 Å². The van der Waals surface area contributed by atoms with Gasteiger partial charge >= 0.3 is 0 Å². The summed E-state index contributed by atoms with van der Waals surface area (Å²) in [5.74, 6) is 0.735. The van der Waals surface area contributed by atoms with Crippen LogP contribution >= 0.6 is 15.9 Å². The molecule has 8 nitrogen and oxygen atoms in total. The Morgan fingerprint density at radius 3 is 2.58 bits per heavy atom. The van der Waals surface area contributed by atoms with Crippen LogP contribution in [0.3, 0.4) is 0 Å². The zero-order valence-electron chi connectivity index (χ0n) is 20.7. The normalized spacial score (nSPS) is 12.4. The van der Waals surface area contributed by atoms with Crippen molar-refractivity contribution in [2.75, 3.05) is 6.61 Å². The molecule has 0 spiro atoms. The molecule has 0 saturated heterocycles. The number of rotatable bonds is 8. The summed E-state index contributed by atoms with van der Waals surface area (Å²) in [6.07, 6.45) is 2.54. The number of carbonyl (C=O) groups is 1. The molecule has 0 aliphatic rings. The summed E-state index contributed by atoms with van der Waals surface area (Å²) in [4.78, 5) is 29.1. The van der Waals surface area contributed by atoms with E-state index in [1.165, 1.54) is 4.68 Å². The highest BCUT2D eigenvalue weighted by atomic mass is 79.9. The molecule has 0 fully saturated rings. The van der Waals surface area contributed by atoms with Crippen molar-refractivity contribution in [2.45, 2.75) is 40.0 Å². The van der Waals surface area contributed by atoms with E-state index in [9.17, 15) is 9.59 Å². The molecule has 9 heteroatoms. The van der Waals surface area contributed by atoms with Crippen LogP contribution in [-0.4, -0.2) is 33.0 Å². The fraction of sp³-hybridized carbons (Fsp3) is 0.259. The number of halogens is 1. The number of primary amides is 1. The molecule has 0 bridgehead atoms. The van der Waals surface area contributed by atoms with Crippen molar-refractivity contribution >= 4 is 39.0 Å². The van der Waals surface area contributed by atoms with Gasteiger partial charge in [-0.15, -0.1) is 0 Å². The Labute approximate surface area is 217 Å². The van der Waals surface area contributed by atoms with Gasteiger partial charge < -0.3 is 15.0 Å². The first-order valence-corrected chi connectivity index (χ1v) is 12.5. The van der Waals surface area contributed by atoms with E-state index in [0.717, 1.165) is 33.5 Å². The van der Waals surface area contributed by atoms with Gasteiger partial charge in [-0.2, -0.15) is 9.78 Å². The number of nitrogens with zero attached hydrogens (tertiary/aromatic N) is 4. The topological polar surface area (TPSA) is 104 Å². The van der Waals surface area contributed by atoms with Crippen molar-refractivity contribution in [3.63, 3.8) is 0 Å². The maximum Gasteiger partial charge on any atom is 0.282 e. The molecular formula is C27H28BrN5O3. The lowest BCUT2D eigenvalue weighted by atomic mass is 10.1. The third-order valence-electron chi connectivity index (χ3n) is 6.15. The summed E-state index contributed by atoms with van der Waals surface area (Å²) in [5, 5.41) is 5.12. The number of hydrogen-bond donors (Lipinski definition) is 1. The number of aryl methyl sites for hydroxylation is 1. The number of nitrogens with two attached hydrogens (primary N) is 1. The predicted molar refractivity (Wildman–Crippen MR) is 145 cm³/mol. The summed E-state index contributed by atoms with van der Waals surface area (Å²) in [6.45, 7) is 7.95. The summed E-state index contributed by atoms with van der Waals surface area (Å²) in [6, 6.07) is 14.9. The highest BCUT2D eigenvalue weighted by Gasteiger charge is 2.16. The first-order chi connectivity index (χ1) is 17.2. The lowest BCUT2D eigenvalue weighted by Crippen LogP contribution is -2.23. The quantitative estimate of drug-likeness (QED) is 0.318. The number of aromatic nitrogens is 3. The van der Waals surface area contributed by atoms with Crippen molar-refractivity contribution in [3.05, 3.63) is 86.1 Å². The van der Waals surface area contributed by atoms with Gasteiger partial charge in [0.05, 0.1) is 17.1 Å². The summed E-state index contributed by atoms with van der Waals surface area (Å²) >= 11 is 3.44. The van der Waals surface area contributed by atoms with E-state index in [0.29, 0.717) is 22.5 Å². The van der Waals surface area contributed by atoms with Crippen LogP contribution in [0.15, 0.2) is 62.9 Å². The summed E-state index contributed by atoms with van der Waals surface area (Å²) in [5.41, 5.74) is 9.40. The van der Waals surface area contributed by atoms with Gasteiger partial charge in [0.25, 0.3) is 11.5 Å². The van der Waals surface area contributed by atoms with Crippen LogP contribution in [-0.2, 0) is 4.79 Å². The minimum Gasteiger partial charge on any atom is -0.484 e. The van der Waals surface area contributed by atoms with Crippen molar-refractivity contribution in [3.8, 4) is 11.4 Å². The molecule has 0 aliphatic heterocycles. The van der Waals surface area contributed by atoms with Gasteiger partial charge in [-0.3, -0.25) is 9.59 Å². The minimum absolute atomic E-state index is 0.0608. The van der Waals surface area contributed by atoms with Gasteiger partial charge in [0.1, 0.15) is 11.6 Å². The Kier molecular flexibility index (Phi) is 7.40. The van der Waals surface area contributed by atoms with Crippen LogP contribution in [0.2, 0.25) is 0 Å². The lowest BCUT2D eigenvalue weighted by Gasteiger charge is -2.14. The van der Waals surface area contributed by atoms with Crippen molar-refractivity contribution < 1.29 is 9.53 Å². The second-order valence-corrected chi connectivity index (χ2v) is 9.63. The highest BCUT2D eigenvalue weighted by Crippen LogP contribution is 2.23. The average Bonchev–Trinajstić information content (AvgIpc) is 3.14. The molecule has 0 radical (unpaired) electrons. The molecular weight excluding hydrogens is 522 g/mol. The molecule has 36 heavy (non-hydrogen) atoms. The molecule has 4 aromatic rings. The second-order valence-electron chi connectivity index (χ2n) is 8.71. The first kappa shape index (κ1) is 25.4. The Balaban J connectivity index is 1.73. The summed E-state index contributed by atoms with van der Waals surface area (Å²) < 4.78 is 9.68. The third kappa shape index (κ3) is 5.11. The maximum atomic E-state index is 13.4. The standard InChI is InChI=1S/C27H28BrN5O3/c1-5-16(2)26-31-24-11-6-20(28)13-23(24)27(35)33(26)30-14-19-12-17(3)32(18(19)4)21-7-9-22(10-8-21)36-15-25(29)34/h6-14,16H,5,15H2,1-4H3,(H2,29,34)/t16-/m1/s1. The van der Waals surface area contributed by atoms with Gasteiger partial charge in [0, 0.05) is 33.0 Å². The zero-order valence-corrected chi connectivity index (χ0v) is 22.2. The Morgan fingerprint density at radius 1 is 1.19 bits per heavy atom. The van der Waals surface area contributed by atoms with Crippen LogP contribution in [0.25, 0.3) is 16.6 Å². The zero-order chi connectivity index (χ0) is 26.0. The molecule has 2 aromatic heterocycles. The van der Waals surface area contributed by atoms with Crippen LogP contribution < -0.4 is 16.0 Å². The summed E-state index contributed by atoms with van der Waals surface area (Å²) in [7, 11) is 0. The van der Waals surface area contributed by atoms with Crippen LogP contribution in [0, 0.1) is 13.8 Å². The molecule has 4 rings (SSSR count). The van der Waals surface area contributed by atoms with Crippen molar-refractivity contribution in [1.82, 2.24) is 14.2 Å². The number of benzene rings is 2. The fourth-order valence-corrected chi connectivity index (χ4v) is 4.42. The predicted octanol–water partition coefficient (Wildman–Crippen LogP) is 4.83. The Morgan fingerprint density at radius 2 is 1.92 bits per heavy atom. The molecule has 1 atom stereocenters. The van der Waals surface area contributed by atoms with E-state index in [4.69, 9.17) is 15.5 Å². The lowest BCUT2D eigenvalue weighted by molar-refractivity contribution is -0.119. The van der Waals surface area contributed by atoms with Gasteiger partial charge in [0.2, 0.25) is 0 Å². The monoisotopic (exact) mass is 549 g/mol. The fourth-order valence-electron chi connectivity index (χ4n) is 4.06. The minimum atomic E-state index is -0.523. The van der Waals surface area contributed by atoms with Crippen LogP contribution in [0.4, 0.5) is 0 Å². The molecule has 0 aliphatic carbocycles.